The summed E-state index contributed by atoms with van der Waals surface area (Å²) in [6, 6.07) is 4.61. The van der Waals surface area contributed by atoms with Gasteiger partial charge in [0.15, 0.2) is 0 Å². The van der Waals surface area contributed by atoms with Crippen LogP contribution in [0.4, 0.5) is 14.9 Å². The number of carbonyl (C=O) groups excluding carboxylic acids is 1. The van der Waals surface area contributed by atoms with Gasteiger partial charge in [-0.3, -0.25) is 0 Å². The van der Waals surface area contributed by atoms with Gasteiger partial charge >= 0.3 is 6.03 Å². The smallest absolute Gasteiger partial charge is 0.322 e. The number of aliphatic hydroxyl groups excluding tert-OH is 1. The highest BCUT2D eigenvalue weighted by atomic mass is 19.1. The van der Waals surface area contributed by atoms with Crippen molar-refractivity contribution in [2.75, 3.05) is 18.5 Å². The van der Waals surface area contributed by atoms with Crippen LogP contribution in [-0.4, -0.2) is 35.2 Å². The minimum Gasteiger partial charge on any atom is -0.396 e. The van der Waals surface area contributed by atoms with Gasteiger partial charge in [-0.25, -0.2) is 9.18 Å². The van der Waals surface area contributed by atoms with Crippen LogP contribution in [0.15, 0.2) is 18.2 Å². The number of hydrogen-bond acceptors (Lipinski definition) is 2. The third kappa shape index (κ3) is 4.20. The second kappa shape index (κ2) is 6.70. The first-order valence-electron chi connectivity index (χ1n) is 7.06. The van der Waals surface area contributed by atoms with Crippen LogP contribution in [0.2, 0.25) is 0 Å². The molecule has 0 unspecified atom stereocenters. The molecule has 1 aromatic rings. The van der Waals surface area contributed by atoms with Gasteiger partial charge in [0.25, 0.3) is 0 Å². The minimum absolute atomic E-state index is 0.142. The lowest BCUT2D eigenvalue weighted by atomic mass is 10.2. The Hall–Kier alpha value is -1.62. The van der Waals surface area contributed by atoms with E-state index in [-0.39, 0.29) is 18.5 Å². The maximum atomic E-state index is 13.3. The van der Waals surface area contributed by atoms with Crippen molar-refractivity contribution in [2.45, 2.75) is 38.6 Å². The first-order valence-corrected chi connectivity index (χ1v) is 7.06. The van der Waals surface area contributed by atoms with Gasteiger partial charge in [0.1, 0.15) is 5.82 Å². The summed E-state index contributed by atoms with van der Waals surface area (Å²) < 4.78 is 13.3. The molecule has 4 nitrogen and oxygen atoms in total. The Labute approximate surface area is 118 Å². The zero-order chi connectivity index (χ0) is 14.5. The number of rotatable bonds is 6. The SMILES string of the molecule is Cc1cc(F)cc(NC(=O)N(CCCCO)C2CC2)c1. The zero-order valence-electron chi connectivity index (χ0n) is 11.7. The largest absolute Gasteiger partial charge is 0.396 e. The van der Waals surface area contributed by atoms with Crippen LogP contribution >= 0.6 is 0 Å². The monoisotopic (exact) mass is 280 g/mol. The van der Waals surface area contributed by atoms with Crippen LogP contribution in [0.25, 0.3) is 0 Å². The Bertz CT molecular complexity index is 455. The van der Waals surface area contributed by atoms with E-state index in [0.717, 1.165) is 24.8 Å². The van der Waals surface area contributed by atoms with Crippen LogP contribution in [0, 0.1) is 12.7 Å². The number of carbonyl (C=O) groups is 1. The first kappa shape index (κ1) is 14.8. The van der Waals surface area contributed by atoms with Gasteiger partial charge in [-0.15, -0.1) is 0 Å². The number of nitrogens with zero attached hydrogens (tertiary/aromatic N) is 1. The van der Waals surface area contributed by atoms with Gasteiger partial charge < -0.3 is 15.3 Å². The second-order valence-electron chi connectivity index (χ2n) is 5.30. The highest BCUT2D eigenvalue weighted by molar-refractivity contribution is 5.89. The van der Waals surface area contributed by atoms with E-state index in [1.807, 2.05) is 0 Å². The fourth-order valence-electron chi connectivity index (χ4n) is 2.23. The summed E-state index contributed by atoms with van der Waals surface area (Å²) in [5.74, 6) is -0.349. The number of aliphatic hydroxyl groups is 1. The standard InChI is InChI=1S/C15H21FN2O2/c1-11-8-12(16)10-13(9-11)17-15(20)18(14-4-5-14)6-2-3-7-19/h8-10,14,19H,2-7H2,1H3,(H,17,20). The lowest BCUT2D eigenvalue weighted by Gasteiger charge is -2.23. The zero-order valence-corrected chi connectivity index (χ0v) is 11.7. The summed E-state index contributed by atoms with van der Waals surface area (Å²) in [4.78, 5) is 14.0. The van der Waals surface area contributed by atoms with Crippen molar-refractivity contribution in [3.8, 4) is 0 Å². The molecule has 20 heavy (non-hydrogen) atoms. The predicted octanol–water partition coefficient (Wildman–Crippen LogP) is 2.90. The molecule has 1 aliphatic rings. The number of aryl methyl sites for hydroxylation is 1. The highest BCUT2D eigenvalue weighted by Gasteiger charge is 2.32. The number of unbranched alkanes of at least 4 members (excludes halogenated alkanes) is 1. The number of halogens is 1. The molecular weight excluding hydrogens is 259 g/mol. The Morgan fingerprint density at radius 1 is 1.40 bits per heavy atom. The Balaban J connectivity index is 1.96. The van der Waals surface area contributed by atoms with E-state index in [2.05, 4.69) is 5.32 Å². The van der Waals surface area contributed by atoms with E-state index in [0.29, 0.717) is 24.7 Å². The van der Waals surface area contributed by atoms with E-state index in [4.69, 9.17) is 5.11 Å². The molecule has 2 amide bonds. The average molecular weight is 280 g/mol. The topological polar surface area (TPSA) is 52.6 Å². The Morgan fingerprint density at radius 2 is 2.15 bits per heavy atom. The molecule has 5 heteroatoms. The summed E-state index contributed by atoms with van der Waals surface area (Å²) in [7, 11) is 0. The quantitative estimate of drug-likeness (QED) is 0.787. The van der Waals surface area contributed by atoms with Gasteiger partial charge in [0, 0.05) is 24.9 Å². The van der Waals surface area contributed by atoms with E-state index in [1.54, 1.807) is 17.9 Å². The fourth-order valence-corrected chi connectivity index (χ4v) is 2.23. The molecule has 0 aromatic heterocycles. The van der Waals surface area contributed by atoms with Crippen molar-refractivity contribution in [3.05, 3.63) is 29.6 Å². The predicted molar refractivity (Wildman–Crippen MR) is 76.2 cm³/mol. The van der Waals surface area contributed by atoms with Crippen molar-refractivity contribution in [1.29, 1.82) is 0 Å². The van der Waals surface area contributed by atoms with Gasteiger partial charge in [-0.05, 0) is 56.4 Å². The molecule has 110 valence electrons. The van der Waals surface area contributed by atoms with Gasteiger partial charge in [0.2, 0.25) is 0 Å². The van der Waals surface area contributed by atoms with Crippen molar-refractivity contribution in [3.63, 3.8) is 0 Å². The third-order valence-corrected chi connectivity index (χ3v) is 3.35. The molecule has 2 N–H and O–H groups in total. The van der Waals surface area contributed by atoms with E-state index >= 15 is 0 Å². The van der Waals surface area contributed by atoms with Crippen LogP contribution in [0.5, 0.6) is 0 Å². The highest BCUT2D eigenvalue weighted by Crippen LogP contribution is 2.28. The first-order chi connectivity index (χ1) is 9.60. The van der Waals surface area contributed by atoms with Crippen LogP contribution in [0.3, 0.4) is 0 Å². The lowest BCUT2D eigenvalue weighted by molar-refractivity contribution is 0.204. The molecule has 2 rings (SSSR count). The van der Waals surface area contributed by atoms with Crippen molar-refractivity contribution >= 4 is 11.7 Å². The molecule has 0 atom stereocenters. The summed E-state index contributed by atoms with van der Waals surface area (Å²) >= 11 is 0. The van der Waals surface area contributed by atoms with Crippen molar-refractivity contribution < 1.29 is 14.3 Å². The van der Waals surface area contributed by atoms with Crippen molar-refractivity contribution in [1.82, 2.24) is 4.90 Å². The van der Waals surface area contributed by atoms with Gasteiger partial charge in [-0.2, -0.15) is 0 Å². The normalized spacial score (nSPS) is 14.2. The van der Waals surface area contributed by atoms with Crippen molar-refractivity contribution in [2.24, 2.45) is 0 Å². The number of nitrogens with one attached hydrogen (secondary N) is 1. The van der Waals surface area contributed by atoms with Crippen LogP contribution in [-0.2, 0) is 0 Å². The Morgan fingerprint density at radius 3 is 2.75 bits per heavy atom. The molecule has 0 heterocycles. The summed E-state index contributed by atoms with van der Waals surface area (Å²) in [6.07, 6.45) is 3.52. The number of amides is 2. The second-order valence-corrected chi connectivity index (χ2v) is 5.30. The lowest BCUT2D eigenvalue weighted by Crippen LogP contribution is -2.37. The summed E-state index contributed by atoms with van der Waals surface area (Å²) in [5, 5.41) is 11.6. The Kier molecular flexibility index (Phi) is 4.95. The van der Waals surface area contributed by atoms with E-state index < -0.39 is 0 Å². The minimum atomic E-state index is -0.349. The molecular formula is C15H21FN2O2. The number of benzene rings is 1. The molecule has 0 bridgehead atoms. The molecule has 0 aliphatic heterocycles. The molecule has 1 aliphatic carbocycles. The van der Waals surface area contributed by atoms with Gasteiger partial charge in [-0.1, -0.05) is 0 Å². The molecule has 0 spiro atoms. The summed E-state index contributed by atoms with van der Waals surface area (Å²) in [5.41, 5.74) is 1.26. The van der Waals surface area contributed by atoms with E-state index in [9.17, 15) is 9.18 Å². The summed E-state index contributed by atoms with van der Waals surface area (Å²) in [6.45, 7) is 2.56. The van der Waals surface area contributed by atoms with E-state index in [1.165, 1.54) is 12.1 Å². The molecule has 0 radical (unpaired) electrons. The number of urea groups is 1. The molecule has 1 aromatic carbocycles. The maximum Gasteiger partial charge on any atom is 0.322 e. The number of hydrogen-bond donors (Lipinski definition) is 2. The molecule has 1 saturated carbocycles. The molecule has 0 saturated heterocycles. The van der Waals surface area contributed by atoms with Gasteiger partial charge in [0.05, 0.1) is 0 Å². The average Bonchev–Trinajstić information content (AvgIpc) is 3.17. The third-order valence-electron chi connectivity index (χ3n) is 3.35. The number of anilines is 1. The maximum absolute atomic E-state index is 13.3. The molecule has 1 fully saturated rings. The fraction of sp³-hybridized carbons (Fsp3) is 0.533. The van der Waals surface area contributed by atoms with Crippen LogP contribution in [0.1, 0.15) is 31.2 Å². The van der Waals surface area contributed by atoms with Crippen LogP contribution < -0.4 is 5.32 Å².